The number of hydrogen-bond donors (Lipinski definition) is 0. The van der Waals surface area contributed by atoms with Gasteiger partial charge in [0.15, 0.2) is 5.78 Å². The minimum absolute atomic E-state index is 0.180. The third kappa shape index (κ3) is 3.52. The van der Waals surface area contributed by atoms with E-state index < -0.39 is 10.8 Å². The quantitative estimate of drug-likeness (QED) is 0.491. The molecule has 3 saturated heterocycles. The Morgan fingerprint density at radius 3 is 2.37 bits per heavy atom. The molecular formula is C32H38N4O2. The third-order valence-corrected chi connectivity index (χ3v) is 10.00. The molecule has 1 aromatic heterocycles. The highest BCUT2D eigenvalue weighted by atomic mass is 16.2. The van der Waals surface area contributed by atoms with Gasteiger partial charge in [-0.15, -0.1) is 0 Å². The van der Waals surface area contributed by atoms with Crippen LogP contribution in [0.1, 0.15) is 76.2 Å². The van der Waals surface area contributed by atoms with Gasteiger partial charge in [-0.05, 0) is 49.8 Å². The number of rotatable bonds is 4. The summed E-state index contributed by atoms with van der Waals surface area (Å²) in [5, 5.41) is 0. The first-order valence-electron chi connectivity index (χ1n) is 14.4. The van der Waals surface area contributed by atoms with Gasteiger partial charge in [0.1, 0.15) is 5.82 Å². The largest absolute Gasteiger partial charge is 0.342 e. The predicted molar refractivity (Wildman–Crippen MR) is 148 cm³/mol. The number of amides is 1. The van der Waals surface area contributed by atoms with Crippen LogP contribution in [0.25, 0.3) is 11.0 Å². The van der Waals surface area contributed by atoms with E-state index in [1.54, 1.807) is 0 Å². The van der Waals surface area contributed by atoms with Crippen LogP contribution < -0.4 is 0 Å². The fourth-order valence-corrected chi connectivity index (χ4v) is 8.12. The Kier molecular flexibility index (Phi) is 5.39. The number of benzene rings is 2. The molecule has 3 fully saturated rings. The molecule has 7 rings (SSSR count). The van der Waals surface area contributed by atoms with Crippen LogP contribution in [0.2, 0.25) is 0 Å². The van der Waals surface area contributed by atoms with Crippen molar-refractivity contribution in [1.29, 1.82) is 0 Å². The summed E-state index contributed by atoms with van der Waals surface area (Å²) in [5.74, 6) is 2.14. The van der Waals surface area contributed by atoms with E-state index in [9.17, 15) is 9.59 Å². The molecule has 0 N–H and O–H groups in total. The van der Waals surface area contributed by atoms with Crippen molar-refractivity contribution in [3.05, 3.63) is 66.0 Å². The highest BCUT2D eigenvalue weighted by Gasteiger charge is 2.55. The Morgan fingerprint density at radius 2 is 1.63 bits per heavy atom. The van der Waals surface area contributed by atoms with Gasteiger partial charge in [0.05, 0.1) is 23.0 Å². The molecule has 6 nitrogen and oxygen atoms in total. The summed E-state index contributed by atoms with van der Waals surface area (Å²) in [6, 6.07) is 20.2. The predicted octanol–water partition coefficient (Wildman–Crippen LogP) is 5.09. The molecule has 4 aliphatic rings. The van der Waals surface area contributed by atoms with E-state index in [1.165, 1.54) is 11.3 Å². The van der Waals surface area contributed by atoms with Crippen molar-refractivity contribution < 1.29 is 9.59 Å². The summed E-state index contributed by atoms with van der Waals surface area (Å²) in [7, 11) is 0. The Morgan fingerprint density at radius 1 is 0.921 bits per heavy atom. The number of para-hydroxylation sites is 2. The number of Topliss-reactive ketones (excluding diaryl/α,β-unsaturated/α-hetero) is 1. The minimum atomic E-state index is -0.529. The number of carbonyl (C=O) groups excluding carboxylic acids is 2. The molecule has 4 unspecified atom stereocenters. The standard InChI is InChI=1S/C32H38N4O2/c1-31(2,3)30(38)34-15-13-32(14-16-34,21-9-5-4-6-10-21)28(37)20-35-22-17-23-19-27(35)24(18-22)29-33-25-11-7-8-12-26(25)36(23)29/h4-12,22-24,27H,13-20H2,1-3H3. The Hall–Kier alpha value is -2.99. The van der Waals surface area contributed by atoms with Gasteiger partial charge in [-0.25, -0.2) is 4.98 Å². The third-order valence-electron chi connectivity index (χ3n) is 10.00. The summed E-state index contributed by atoms with van der Waals surface area (Å²) in [6.45, 7) is 7.71. The molecule has 5 heterocycles. The monoisotopic (exact) mass is 510 g/mol. The van der Waals surface area contributed by atoms with E-state index in [1.807, 2.05) is 43.9 Å². The molecule has 0 radical (unpaired) electrons. The molecule has 3 bridgehead atoms. The second-order valence-electron chi connectivity index (χ2n) is 13.1. The van der Waals surface area contributed by atoms with Crippen LogP contribution in [0.5, 0.6) is 0 Å². The van der Waals surface area contributed by atoms with Crippen LogP contribution in [-0.4, -0.2) is 62.8 Å². The molecule has 4 atom stereocenters. The van der Waals surface area contributed by atoms with E-state index in [4.69, 9.17) is 4.98 Å². The highest BCUT2D eigenvalue weighted by molar-refractivity contribution is 5.92. The average molecular weight is 511 g/mol. The van der Waals surface area contributed by atoms with Gasteiger partial charge in [0.2, 0.25) is 5.91 Å². The van der Waals surface area contributed by atoms with Crippen LogP contribution in [0.3, 0.4) is 0 Å². The molecule has 6 heteroatoms. The van der Waals surface area contributed by atoms with E-state index >= 15 is 0 Å². The number of imidazole rings is 1. The first-order valence-corrected chi connectivity index (χ1v) is 14.4. The van der Waals surface area contributed by atoms with E-state index in [-0.39, 0.29) is 5.91 Å². The number of aromatic nitrogens is 2. The SMILES string of the molecule is CC(C)(C)C(=O)N1CCC(C(=O)CN2C3CC4c5nc6ccccc6n5C(C3)CC42)(c2ccccc2)CC1. The Balaban J connectivity index is 1.16. The van der Waals surface area contributed by atoms with Crippen molar-refractivity contribution >= 4 is 22.7 Å². The van der Waals surface area contributed by atoms with Crippen LogP contribution in [-0.2, 0) is 15.0 Å². The molecular weight excluding hydrogens is 472 g/mol. The molecule has 198 valence electrons. The maximum Gasteiger partial charge on any atom is 0.227 e. The fraction of sp³-hybridized carbons (Fsp3) is 0.531. The lowest BCUT2D eigenvalue weighted by molar-refractivity contribution is -0.143. The average Bonchev–Trinajstić information content (AvgIpc) is 3.35. The van der Waals surface area contributed by atoms with Crippen molar-refractivity contribution in [2.75, 3.05) is 19.6 Å². The van der Waals surface area contributed by atoms with Crippen LogP contribution in [0.15, 0.2) is 54.6 Å². The van der Waals surface area contributed by atoms with Crippen molar-refractivity contribution in [2.24, 2.45) is 5.41 Å². The number of carbonyl (C=O) groups is 2. The second-order valence-corrected chi connectivity index (χ2v) is 13.1. The zero-order valence-electron chi connectivity index (χ0n) is 22.8. The van der Waals surface area contributed by atoms with Gasteiger partial charge in [-0.2, -0.15) is 0 Å². The molecule has 2 aromatic carbocycles. The van der Waals surface area contributed by atoms with Gasteiger partial charge < -0.3 is 9.47 Å². The highest BCUT2D eigenvalue weighted by Crippen LogP contribution is 2.54. The normalized spacial score (nSPS) is 28.0. The molecule has 0 spiro atoms. The summed E-state index contributed by atoms with van der Waals surface area (Å²) in [5.41, 5.74) is 2.54. The van der Waals surface area contributed by atoms with Gasteiger partial charge in [-0.1, -0.05) is 63.2 Å². The second kappa shape index (κ2) is 8.51. The van der Waals surface area contributed by atoms with Crippen LogP contribution >= 0.6 is 0 Å². The van der Waals surface area contributed by atoms with Gasteiger partial charge in [-0.3, -0.25) is 14.5 Å². The van der Waals surface area contributed by atoms with Crippen molar-refractivity contribution in [1.82, 2.24) is 19.4 Å². The van der Waals surface area contributed by atoms with Gasteiger partial charge >= 0.3 is 0 Å². The summed E-state index contributed by atoms with van der Waals surface area (Å²) < 4.78 is 2.52. The summed E-state index contributed by atoms with van der Waals surface area (Å²) >= 11 is 0. The number of fused-ring (bicyclic) bond motifs is 7. The van der Waals surface area contributed by atoms with E-state index in [2.05, 4.69) is 45.9 Å². The Labute approximate surface area is 225 Å². The molecule has 0 saturated carbocycles. The fourth-order valence-electron chi connectivity index (χ4n) is 8.12. The zero-order chi connectivity index (χ0) is 26.2. The lowest BCUT2D eigenvalue weighted by Gasteiger charge is -2.46. The number of likely N-dealkylation sites (tertiary alicyclic amines) is 1. The zero-order valence-corrected chi connectivity index (χ0v) is 22.8. The Bertz CT molecular complexity index is 1390. The lowest BCUT2D eigenvalue weighted by Crippen LogP contribution is -2.55. The summed E-state index contributed by atoms with van der Waals surface area (Å²) in [6.07, 6.45) is 4.70. The molecule has 0 aliphatic carbocycles. The topological polar surface area (TPSA) is 58.4 Å². The number of nitrogens with zero attached hydrogens (tertiary/aromatic N) is 4. The van der Waals surface area contributed by atoms with Crippen LogP contribution in [0, 0.1) is 5.41 Å². The first kappa shape index (κ1) is 24.1. The van der Waals surface area contributed by atoms with Crippen molar-refractivity contribution in [2.45, 2.75) is 82.3 Å². The lowest BCUT2D eigenvalue weighted by atomic mass is 9.69. The minimum Gasteiger partial charge on any atom is -0.342 e. The van der Waals surface area contributed by atoms with Crippen molar-refractivity contribution in [3.8, 4) is 0 Å². The molecule has 1 amide bonds. The number of hydrogen-bond acceptors (Lipinski definition) is 4. The maximum atomic E-state index is 14.4. The van der Waals surface area contributed by atoms with Gasteiger partial charge in [0.25, 0.3) is 0 Å². The molecule has 38 heavy (non-hydrogen) atoms. The molecule has 4 aliphatic heterocycles. The number of piperidine rings is 2. The smallest absolute Gasteiger partial charge is 0.227 e. The van der Waals surface area contributed by atoms with E-state index in [0.29, 0.717) is 62.3 Å². The van der Waals surface area contributed by atoms with Gasteiger partial charge in [0, 0.05) is 42.5 Å². The van der Waals surface area contributed by atoms with E-state index in [0.717, 1.165) is 30.3 Å². The van der Waals surface area contributed by atoms with Crippen molar-refractivity contribution in [3.63, 3.8) is 0 Å². The number of ketones is 1. The first-order chi connectivity index (χ1) is 18.3. The van der Waals surface area contributed by atoms with Crippen LogP contribution in [0.4, 0.5) is 0 Å². The summed E-state index contributed by atoms with van der Waals surface area (Å²) in [4.78, 5) is 37.0. The maximum absolute atomic E-state index is 14.4. The molecule has 3 aromatic rings.